The Morgan fingerprint density at radius 1 is 1.12 bits per heavy atom. The SMILES string of the molecule is COCCCNC(=NCc1cccc(OC)c1)NCc1ccccn1.I. The Bertz CT molecular complexity index is 653. The molecule has 2 N–H and O–H groups in total. The van der Waals surface area contributed by atoms with Crippen molar-refractivity contribution in [3.8, 4) is 5.75 Å². The van der Waals surface area contributed by atoms with Gasteiger partial charge in [0, 0.05) is 26.5 Å². The summed E-state index contributed by atoms with van der Waals surface area (Å²) in [5.74, 6) is 1.59. The predicted octanol–water partition coefficient (Wildman–Crippen LogP) is 2.98. The molecule has 0 fully saturated rings. The lowest BCUT2D eigenvalue weighted by Crippen LogP contribution is -2.38. The van der Waals surface area contributed by atoms with Crippen molar-refractivity contribution >= 4 is 29.9 Å². The zero-order valence-corrected chi connectivity index (χ0v) is 17.6. The molecular weight excluding hydrogens is 443 g/mol. The van der Waals surface area contributed by atoms with Gasteiger partial charge in [-0.1, -0.05) is 18.2 Å². The molecule has 1 aromatic heterocycles. The molecule has 0 saturated carbocycles. The molecule has 1 aromatic carbocycles. The number of hydrogen-bond donors (Lipinski definition) is 2. The maximum atomic E-state index is 5.26. The second-order valence-corrected chi connectivity index (χ2v) is 5.46. The number of nitrogens with one attached hydrogen (secondary N) is 2. The van der Waals surface area contributed by atoms with Crippen LogP contribution in [0.25, 0.3) is 0 Å². The highest BCUT2D eigenvalue weighted by Gasteiger charge is 2.01. The number of hydrogen-bond acceptors (Lipinski definition) is 4. The molecule has 0 saturated heterocycles. The number of halogens is 1. The molecule has 0 amide bonds. The molecule has 0 aliphatic carbocycles. The van der Waals surface area contributed by atoms with E-state index in [-0.39, 0.29) is 24.0 Å². The number of aromatic nitrogens is 1. The van der Waals surface area contributed by atoms with Crippen LogP contribution in [0.4, 0.5) is 0 Å². The van der Waals surface area contributed by atoms with Crippen molar-refractivity contribution in [1.29, 1.82) is 0 Å². The fraction of sp³-hybridized carbons (Fsp3) is 0.368. The number of nitrogens with zero attached hydrogens (tertiary/aromatic N) is 2. The second kappa shape index (κ2) is 13.3. The van der Waals surface area contributed by atoms with Gasteiger partial charge in [-0.2, -0.15) is 0 Å². The first-order valence-electron chi connectivity index (χ1n) is 8.36. The highest BCUT2D eigenvalue weighted by atomic mass is 127. The van der Waals surface area contributed by atoms with E-state index in [4.69, 9.17) is 9.47 Å². The summed E-state index contributed by atoms with van der Waals surface area (Å²) >= 11 is 0. The first kappa shape index (κ1) is 22.2. The summed E-state index contributed by atoms with van der Waals surface area (Å²) < 4.78 is 10.3. The molecule has 0 atom stereocenters. The van der Waals surface area contributed by atoms with Gasteiger partial charge in [0.15, 0.2) is 5.96 Å². The van der Waals surface area contributed by atoms with Gasteiger partial charge in [0.25, 0.3) is 0 Å². The number of benzene rings is 1. The minimum Gasteiger partial charge on any atom is -0.497 e. The lowest BCUT2D eigenvalue weighted by Gasteiger charge is -2.12. The molecule has 2 rings (SSSR count). The van der Waals surface area contributed by atoms with E-state index in [9.17, 15) is 0 Å². The van der Waals surface area contributed by atoms with Gasteiger partial charge in [-0.05, 0) is 36.2 Å². The molecule has 7 heteroatoms. The summed E-state index contributed by atoms with van der Waals surface area (Å²) in [6.45, 7) is 2.70. The van der Waals surface area contributed by atoms with Crippen LogP contribution in [0.3, 0.4) is 0 Å². The molecule has 0 aliphatic rings. The second-order valence-electron chi connectivity index (χ2n) is 5.46. The van der Waals surface area contributed by atoms with Gasteiger partial charge in [0.05, 0.1) is 25.9 Å². The maximum absolute atomic E-state index is 5.26. The van der Waals surface area contributed by atoms with Crippen LogP contribution in [0.5, 0.6) is 5.75 Å². The Balaban J connectivity index is 0.00000338. The number of rotatable bonds is 9. The third-order valence-electron chi connectivity index (χ3n) is 3.53. The average Bonchev–Trinajstić information content (AvgIpc) is 2.67. The molecule has 142 valence electrons. The number of pyridine rings is 1. The minimum absolute atomic E-state index is 0. The normalized spacial score (nSPS) is 10.8. The standard InChI is InChI=1S/C19H26N4O2.HI/c1-24-12-6-11-21-19(23-15-17-8-3-4-10-20-17)22-14-16-7-5-9-18(13-16)25-2;/h3-5,7-10,13H,6,11-12,14-15H2,1-2H3,(H2,21,22,23);1H. The van der Waals surface area contributed by atoms with Gasteiger partial charge < -0.3 is 20.1 Å². The van der Waals surface area contributed by atoms with Crippen molar-refractivity contribution in [1.82, 2.24) is 15.6 Å². The largest absolute Gasteiger partial charge is 0.497 e. The van der Waals surface area contributed by atoms with Gasteiger partial charge in [-0.3, -0.25) is 4.98 Å². The van der Waals surface area contributed by atoms with Crippen LogP contribution in [0.2, 0.25) is 0 Å². The van der Waals surface area contributed by atoms with E-state index in [1.165, 1.54) is 0 Å². The van der Waals surface area contributed by atoms with E-state index in [0.717, 1.165) is 42.5 Å². The maximum Gasteiger partial charge on any atom is 0.191 e. The zero-order chi connectivity index (χ0) is 17.7. The molecule has 0 spiro atoms. The van der Waals surface area contributed by atoms with Crippen molar-refractivity contribution in [2.24, 2.45) is 4.99 Å². The van der Waals surface area contributed by atoms with E-state index >= 15 is 0 Å². The molecule has 2 aromatic rings. The smallest absolute Gasteiger partial charge is 0.191 e. The van der Waals surface area contributed by atoms with Crippen molar-refractivity contribution in [3.05, 3.63) is 59.9 Å². The van der Waals surface area contributed by atoms with Crippen LogP contribution in [0.15, 0.2) is 53.7 Å². The van der Waals surface area contributed by atoms with Crippen LogP contribution in [-0.4, -0.2) is 38.3 Å². The lowest BCUT2D eigenvalue weighted by molar-refractivity contribution is 0.195. The molecular formula is C19H27IN4O2. The Morgan fingerprint density at radius 2 is 2.00 bits per heavy atom. The zero-order valence-electron chi connectivity index (χ0n) is 15.3. The van der Waals surface area contributed by atoms with Gasteiger partial charge in [-0.25, -0.2) is 4.99 Å². The molecule has 1 heterocycles. The highest BCUT2D eigenvalue weighted by Crippen LogP contribution is 2.13. The van der Waals surface area contributed by atoms with E-state index in [1.807, 2.05) is 42.5 Å². The number of aliphatic imine (C=N–C) groups is 1. The van der Waals surface area contributed by atoms with E-state index < -0.39 is 0 Å². The van der Waals surface area contributed by atoms with Crippen LogP contribution in [-0.2, 0) is 17.8 Å². The van der Waals surface area contributed by atoms with Crippen LogP contribution in [0.1, 0.15) is 17.7 Å². The third-order valence-corrected chi connectivity index (χ3v) is 3.53. The van der Waals surface area contributed by atoms with Crippen LogP contribution in [0, 0.1) is 0 Å². The summed E-state index contributed by atoms with van der Waals surface area (Å²) in [5, 5.41) is 6.64. The van der Waals surface area contributed by atoms with Crippen LogP contribution >= 0.6 is 24.0 Å². The number of methoxy groups -OCH3 is 2. The Hall–Kier alpha value is -1.87. The minimum atomic E-state index is 0. The number of ether oxygens (including phenoxy) is 2. The first-order valence-corrected chi connectivity index (χ1v) is 8.36. The van der Waals surface area contributed by atoms with Crippen LogP contribution < -0.4 is 15.4 Å². The van der Waals surface area contributed by atoms with Gasteiger partial charge in [0.1, 0.15) is 5.75 Å². The summed E-state index contributed by atoms with van der Waals surface area (Å²) in [5.41, 5.74) is 2.06. The highest BCUT2D eigenvalue weighted by molar-refractivity contribution is 14.0. The quantitative estimate of drug-likeness (QED) is 0.255. The molecule has 0 bridgehead atoms. The fourth-order valence-corrected chi connectivity index (χ4v) is 2.22. The van der Waals surface area contributed by atoms with Crippen molar-refractivity contribution in [2.75, 3.05) is 27.4 Å². The summed E-state index contributed by atoms with van der Waals surface area (Å²) in [7, 11) is 3.37. The van der Waals surface area contributed by atoms with Crippen molar-refractivity contribution in [2.45, 2.75) is 19.5 Å². The molecule has 0 aliphatic heterocycles. The summed E-state index contributed by atoms with van der Waals surface area (Å²) in [4.78, 5) is 8.97. The van der Waals surface area contributed by atoms with E-state index in [1.54, 1.807) is 20.4 Å². The molecule has 0 radical (unpaired) electrons. The molecule has 6 nitrogen and oxygen atoms in total. The Labute approximate surface area is 172 Å². The van der Waals surface area contributed by atoms with Crippen molar-refractivity contribution in [3.63, 3.8) is 0 Å². The van der Waals surface area contributed by atoms with Gasteiger partial charge in [-0.15, -0.1) is 24.0 Å². The molecule has 0 unspecified atom stereocenters. The van der Waals surface area contributed by atoms with Crippen molar-refractivity contribution < 1.29 is 9.47 Å². The van der Waals surface area contributed by atoms with Gasteiger partial charge >= 0.3 is 0 Å². The summed E-state index contributed by atoms with van der Waals surface area (Å²) in [6.07, 6.45) is 2.70. The topological polar surface area (TPSA) is 67.8 Å². The average molecular weight is 470 g/mol. The third kappa shape index (κ3) is 8.48. The predicted molar refractivity (Wildman–Crippen MR) is 115 cm³/mol. The fourth-order valence-electron chi connectivity index (χ4n) is 2.22. The first-order chi connectivity index (χ1) is 12.3. The molecule has 26 heavy (non-hydrogen) atoms. The van der Waals surface area contributed by atoms with E-state index in [0.29, 0.717) is 13.1 Å². The lowest BCUT2D eigenvalue weighted by atomic mass is 10.2. The number of guanidine groups is 1. The Morgan fingerprint density at radius 3 is 2.73 bits per heavy atom. The summed E-state index contributed by atoms with van der Waals surface area (Å²) in [6, 6.07) is 13.8. The van der Waals surface area contributed by atoms with E-state index in [2.05, 4.69) is 20.6 Å². The van der Waals surface area contributed by atoms with Gasteiger partial charge in [0.2, 0.25) is 0 Å². The Kier molecular flexibility index (Phi) is 11.4. The monoisotopic (exact) mass is 470 g/mol.